The van der Waals surface area contributed by atoms with Crippen LogP contribution in [0.2, 0.25) is 0 Å². The van der Waals surface area contributed by atoms with Gasteiger partial charge in [0.2, 0.25) is 0 Å². The van der Waals surface area contributed by atoms with Gasteiger partial charge in [0.05, 0.1) is 13.7 Å². The molecule has 1 aromatic rings. The molecule has 1 aromatic carbocycles. The van der Waals surface area contributed by atoms with Crippen LogP contribution in [0.4, 0.5) is 0 Å². The van der Waals surface area contributed by atoms with Crippen LogP contribution >= 0.6 is 0 Å². The maximum atomic E-state index is 11.9. The quantitative estimate of drug-likeness (QED) is 0.0680. The van der Waals surface area contributed by atoms with E-state index in [1.54, 1.807) is 24.3 Å². The van der Waals surface area contributed by atoms with Gasteiger partial charge in [0.1, 0.15) is 0 Å². The summed E-state index contributed by atoms with van der Waals surface area (Å²) in [6.45, 7) is 2.76. The molecule has 4 heteroatoms. The number of hydrogen-bond donors (Lipinski definition) is 1. The van der Waals surface area contributed by atoms with E-state index >= 15 is 0 Å². The fourth-order valence-electron chi connectivity index (χ4n) is 5.07. The number of aromatic hydroxyl groups is 1. The number of benzene rings is 1. The smallest absolute Gasteiger partial charge is 0.330 e. The second-order valence-corrected chi connectivity index (χ2v) is 11.2. The zero-order chi connectivity index (χ0) is 28.2. The first-order valence-electron chi connectivity index (χ1n) is 16.4. The lowest BCUT2D eigenvalue weighted by atomic mass is 10.0. The molecule has 224 valence electrons. The number of hydrogen-bond acceptors (Lipinski definition) is 4. The van der Waals surface area contributed by atoms with Crippen LogP contribution in [0.15, 0.2) is 24.3 Å². The third-order valence-corrected chi connectivity index (χ3v) is 7.61. The lowest BCUT2D eigenvalue weighted by Gasteiger charge is -2.05. The molecule has 0 spiro atoms. The molecule has 0 aliphatic heterocycles. The minimum absolute atomic E-state index is 0.0810. The second-order valence-electron chi connectivity index (χ2n) is 11.2. The molecule has 0 saturated heterocycles. The molecule has 0 atom stereocenters. The van der Waals surface area contributed by atoms with Gasteiger partial charge < -0.3 is 14.6 Å². The Bertz CT molecular complexity index is 727. The molecule has 39 heavy (non-hydrogen) atoms. The highest BCUT2D eigenvalue weighted by Crippen LogP contribution is 2.26. The molecule has 0 amide bonds. The standard InChI is InChI=1S/C35H60O4/c1-3-4-5-6-7-8-9-10-11-12-13-14-15-16-17-18-19-20-21-22-23-24-25-30-39-35(37)29-27-32-26-28-33(36)34(31-32)38-2/h26-29,31,36H,3-25,30H2,1-2H3/b29-27+. The topological polar surface area (TPSA) is 55.8 Å². The van der Waals surface area contributed by atoms with E-state index in [1.165, 1.54) is 148 Å². The van der Waals surface area contributed by atoms with Crippen molar-refractivity contribution in [2.45, 2.75) is 155 Å². The zero-order valence-corrected chi connectivity index (χ0v) is 25.5. The summed E-state index contributed by atoms with van der Waals surface area (Å²) >= 11 is 0. The fourth-order valence-corrected chi connectivity index (χ4v) is 5.07. The number of esters is 1. The van der Waals surface area contributed by atoms with Crippen LogP contribution in [0.3, 0.4) is 0 Å². The summed E-state index contributed by atoms with van der Waals surface area (Å²) in [6.07, 6.45) is 34.7. The third kappa shape index (κ3) is 21.5. The molecule has 4 nitrogen and oxygen atoms in total. The van der Waals surface area contributed by atoms with Gasteiger partial charge in [-0.1, -0.05) is 154 Å². The minimum atomic E-state index is -0.333. The maximum absolute atomic E-state index is 11.9. The number of rotatable bonds is 27. The average Bonchev–Trinajstić information content (AvgIpc) is 2.94. The van der Waals surface area contributed by atoms with E-state index in [-0.39, 0.29) is 11.7 Å². The summed E-state index contributed by atoms with van der Waals surface area (Å²) in [5.74, 6) is 0.133. The molecule has 1 rings (SSSR count). The minimum Gasteiger partial charge on any atom is -0.504 e. The predicted octanol–water partition coefficient (Wildman–Crippen LogP) is 10.9. The highest BCUT2D eigenvalue weighted by atomic mass is 16.5. The zero-order valence-electron chi connectivity index (χ0n) is 25.5. The van der Waals surface area contributed by atoms with Crippen molar-refractivity contribution in [1.82, 2.24) is 0 Å². The normalized spacial score (nSPS) is 11.3. The molecule has 0 saturated carbocycles. The van der Waals surface area contributed by atoms with E-state index < -0.39 is 0 Å². The monoisotopic (exact) mass is 544 g/mol. The number of ether oxygens (including phenoxy) is 2. The first-order valence-corrected chi connectivity index (χ1v) is 16.4. The van der Waals surface area contributed by atoms with Crippen LogP contribution < -0.4 is 4.74 Å². The van der Waals surface area contributed by atoms with E-state index in [2.05, 4.69) is 6.92 Å². The van der Waals surface area contributed by atoms with Gasteiger partial charge >= 0.3 is 5.97 Å². The highest BCUT2D eigenvalue weighted by molar-refractivity contribution is 5.87. The molecule has 0 aliphatic carbocycles. The molecule has 0 aromatic heterocycles. The SMILES string of the molecule is CCCCCCCCCCCCCCCCCCCCCCCCCOC(=O)/C=C/c1ccc(O)c(OC)c1. The number of unbranched alkanes of at least 4 members (excludes halogenated alkanes) is 22. The Balaban J connectivity index is 1.78. The van der Waals surface area contributed by atoms with Crippen molar-refractivity contribution in [2.75, 3.05) is 13.7 Å². The largest absolute Gasteiger partial charge is 0.504 e. The summed E-state index contributed by atoms with van der Waals surface area (Å²) in [4.78, 5) is 11.9. The van der Waals surface area contributed by atoms with E-state index in [9.17, 15) is 9.90 Å². The number of carbonyl (C=O) groups is 1. The second kappa shape index (κ2) is 26.3. The number of carbonyl (C=O) groups excluding carboxylic acids is 1. The Hall–Kier alpha value is -1.97. The van der Waals surface area contributed by atoms with Crippen LogP contribution in [-0.4, -0.2) is 24.8 Å². The lowest BCUT2D eigenvalue weighted by molar-refractivity contribution is -0.137. The van der Waals surface area contributed by atoms with E-state index in [0.717, 1.165) is 18.4 Å². The van der Waals surface area contributed by atoms with Crippen LogP contribution in [0.25, 0.3) is 6.08 Å². The fraction of sp³-hybridized carbons (Fsp3) is 0.743. The van der Waals surface area contributed by atoms with Gasteiger partial charge in [-0.05, 0) is 30.2 Å². The Morgan fingerprint density at radius 1 is 0.667 bits per heavy atom. The molecule has 0 heterocycles. The van der Waals surface area contributed by atoms with E-state index in [0.29, 0.717) is 12.4 Å². The molecule has 0 unspecified atom stereocenters. The van der Waals surface area contributed by atoms with Crippen molar-refractivity contribution in [3.8, 4) is 11.5 Å². The van der Waals surface area contributed by atoms with E-state index in [4.69, 9.17) is 9.47 Å². The number of methoxy groups -OCH3 is 1. The van der Waals surface area contributed by atoms with Crippen molar-refractivity contribution < 1.29 is 19.4 Å². The lowest BCUT2D eigenvalue weighted by Crippen LogP contribution is -2.02. The first-order chi connectivity index (χ1) is 19.2. The van der Waals surface area contributed by atoms with Gasteiger partial charge in [-0.25, -0.2) is 4.79 Å². The van der Waals surface area contributed by atoms with Crippen LogP contribution in [0.5, 0.6) is 11.5 Å². The van der Waals surface area contributed by atoms with Gasteiger partial charge in [-0.3, -0.25) is 0 Å². The van der Waals surface area contributed by atoms with Crippen LogP contribution in [-0.2, 0) is 9.53 Å². The van der Waals surface area contributed by atoms with Crippen molar-refractivity contribution in [2.24, 2.45) is 0 Å². The van der Waals surface area contributed by atoms with Gasteiger partial charge in [-0.15, -0.1) is 0 Å². The molecule has 0 radical (unpaired) electrons. The Labute approximate surface area is 241 Å². The maximum Gasteiger partial charge on any atom is 0.330 e. The summed E-state index contributed by atoms with van der Waals surface area (Å²) in [6, 6.07) is 4.95. The first kappa shape index (κ1) is 35.1. The Kier molecular flexibility index (Phi) is 23.6. The predicted molar refractivity (Wildman–Crippen MR) is 167 cm³/mol. The average molecular weight is 545 g/mol. The van der Waals surface area contributed by atoms with Gasteiger partial charge in [0.15, 0.2) is 11.5 Å². The molecule has 1 N–H and O–H groups in total. The molecular formula is C35H60O4. The highest BCUT2D eigenvalue weighted by Gasteiger charge is 2.02. The molecule has 0 bridgehead atoms. The Morgan fingerprint density at radius 2 is 1.08 bits per heavy atom. The van der Waals surface area contributed by atoms with Crippen molar-refractivity contribution >= 4 is 12.0 Å². The summed E-state index contributed by atoms with van der Waals surface area (Å²) in [5.41, 5.74) is 0.779. The van der Waals surface area contributed by atoms with E-state index in [1.807, 2.05) is 0 Å². The van der Waals surface area contributed by atoms with Crippen molar-refractivity contribution in [1.29, 1.82) is 0 Å². The van der Waals surface area contributed by atoms with Crippen molar-refractivity contribution in [3.05, 3.63) is 29.8 Å². The van der Waals surface area contributed by atoms with Gasteiger partial charge in [0, 0.05) is 6.08 Å². The number of phenols is 1. The number of phenolic OH excluding ortho intramolecular Hbond substituents is 1. The molecule has 0 aliphatic rings. The van der Waals surface area contributed by atoms with Crippen LogP contribution in [0.1, 0.15) is 160 Å². The van der Waals surface area contributed by atoms with Crippen LogP contribution in [0, 0.1) is 0 Å². The molecule has 0 fully saturated rings. The van der Waals surface area contributed by atoms with Gasteiger partial charge in [-0.2, -0.15) is 0 Å². The Morgan fingerprint density at radius 3 is 1.49 bits per heavy atom. The summed E-state index contributed by atoms with van der Waals surface area (Å²) < 4.78 is 10.4. The summed E-state index contributed by atoms with van der Waals surface area (Å²) in [5, 5.41) is 9.62. The van der Waals surface area contributed by atoms with Crippen molar-refractivity contribution in [3.63, 3.8) is 0 Å². The molecular weight excluding hydrogens is 484 g/mol. The third-order valence-electron chi connectivity index (χ3n) is 7.61. The van der Waals surface area contributed by atoms with Gasteiger partial charge in [0.25, 0.3) is 0 Å². The summed E-state index contributed by atoms with van der Waals surface area (Å²) in [7, 11) is 1.50.